The van der Waals surface area contributed by atoms with Crippen molar-refractivity contribution in [1.29, 1.82) is 0 Å². The molecule has 41 heavy (non-hydrogen) atoms. The average molecular weight is 541 g/mol. The smallest absolute Gasteiger partial charge is 0.237 e. The zero-order chi connectivity index (χ0) is 27.8. The van der Waals surface area contributed by atoms with E-state index in [0.29, 0.717) is 5.56 Å². The zero-order valence-electron chi connectivity index (χ0n) is 23.0. The standard InChI is InChI=1S/C37H33FN2O/c38-35-19-8-5-14-30(35)24-40(31-22-28-12-1-2-13-29(28)23-31)36(41)25-39-21-20-27-11-4-7-17-33(27)37(39)34-18-9-15-26-10-3-6-16-32(26)34/h1-19,31,37H,20-25H2. The number of hydrogen-bond acceptors (Lipinski definition) is 2. The molecule has 4 heteroatoms. The maximum Gasteiger partial charge on any atom is 0.237 e. The third-order valence-corrected chi connectivity index (χ3v) is 8.93. The molecular weight excluding hydrogens is 507 g/mol. The molecule has 0 saturated carbocycles. The molecule has 5 aromatic rings. The first kappa shape index (κ1) is 25.7. The normalized spacial score (nSPS) is 16.9. The van der Waals surface area contributed by atoms with Crippen LogP contribution in [-0.2, 0) is 30.6 Å². The largest absolute Gasteiger partial charge is 0.333 e. The molecule has 0 spiro atoms. The van der Waals surface area contributed by atoms with Crippen LogP contribution in [0.2, 0.25) is 0 Å². The van der Waals surface area contributed by atoms with Crippen molar-refractivity contribution in [3.05, 3.63) is 154 Å². The first-order chi connectivity index (χ1) is 20.2. The van der Waals surface area contributed by atoms with E-state index in [1.54, 1.807) is 12.1 Å². The Morgan fingerprint density at radius 2 is 1.37 bits per heavy atom. The lowest BCUT2D eigenvalue weighted by molar-refractivity contribution is -0.135. The molecule has 0 N–H and O–H groups in total. The van der Waals surface area contributed by atoms with Crippen LogP contribution in [0, 0.1) is 5.82 Å². The van der Waals surface area contributed by atoms with E-state index in [9.17, 15) is 9.18 Å². The van der Waals surface area contributed by atoms with E-state index in [2.05, 4.69) is 95.9 Å². The summed E-state index contributed by atoms with van der Waals surface area (Å²) in [4.78, 5) is 18.7. The number of carbonyl (C=O) groups is 1. The van der Waals surface area contributed by atoms with Gasteiger partial charge in [0.15, 0.2) is 0 Å². The minimum absolute atomic E-state index is 0.00703. The summed E-state index contributed by atoms with van der Waals surface area (Å²) in [5.41, 5.74) is 6.94. The summed E-state index contributed by atoms with van der Waals surface area (Å²) in [6.07, 6.45) is 2.49. The fraction of sp³-hybridized carbons (Fsp3) is 0.216. The Labute approximate surface area is 240 Å². The number of hydrogen-bond donors (Lipinski definition) is 0. The summed E-state index contributed by atoms with van der Waals surface area (Å²) in [6.45, 7) is 1.34. The van der Waals surface area contributed by atoms with Gasteiger partial charge in [-0.2, -0.15) is 0 Å². The Bertz CT molecular complexity index is 1700. The Hall–Kier alpha value is -4.28. The number of carbonyl (C=O) groups excluding carboxylic acids is 1. The average Bonchev–Trinajstić information content (AvgIpc) is 3.44. The lowest BCUT2D eigenvalue weighted by Crippen LogP contribution is -2.48. The molecule has 5 aromatic carbocycles. The van der Waals surface area contributed by atoms with Crippen molar-refractivity contribution >= 4 is 16.7 Å². The second kappa shape index (κ2) is 10.9. The van der Waals surface area contributed by atoms with Crippen molar-refractivity contribution < 1.29 is 9.18 Å². The molecule has 0 saturated heterocycles. The summed E-state index contributed by atoms with van der Waals surface area (Å²) in [5, 5.41) is 2.41. The van der Waals surface area contributed by atoms with E-state index >= 15 is 0 Å². The topological polar surface area (TPSA) is 23.6 Å². The first-order valence-corrected chi connectivity index (χ1v) is 14.5. The van der Waals surface area contributed by atoms with Crippen molar-refractivity contribution in [2.24, 2.45) is 0 Å². The maximum atomic E-state index is 14.9. The highest BCUT2D eigenvalue weighted by atomic mass is 19.1. The van der Waals surface area contributed by atoms with E-state index in [4.69, 9.17) is 0 Å². The van der Waals surface area contributed by atoms with Gasteiger partial charge in [0.05, 0.1) is 12.6 Å². The molecule has 0 aromatic heterocycles. The van der Waals surface area contributed by atoms with Crippen LogP contribution < -0.4 is 0 Å². The summed E-state index contributed by atoms with van der Waals surface area (Å²) in [7, 11) is 0. The lowest BCUT2D eigenvalue weighted by Gasteiger charge is -2.39. The van der Waals surface area contributed by atoms with Crippen LogP contribution >= 0.6 is 0 Å². The Balaban J connectivity index is 1.25. The Morgan fingerprint density at radius 1 is 0.732 bits per heavy atom. The molecule has 1 amide bonds. The Morgan fingerprint density at radius 3 is 2.17 bits per heavy atom. The second-order valence-corrected chi connectivity index (χ2v) is 11.3. The summed E-state index contributed by atoms with van der Waals surface area (Å²) in [6, 6.07) is 38.8. The second-order valence-electron chi connectivity index (χ2n) is 11.3. The number of rotatable bonds is 6. The highest BCUT2D eigenvalue weighted by Gasteiger charge is 2.35. The zero-order valence-corrected chi connectivity index (χ0v) is 23.0. The molecule has 1 aliphatic heterocycles. The molecule has 1 heterocycles. The van der Waals surface area contributed by atoms with Gasteiger partial charge in [-0.15, -0.1) is 0 Å². The van der Waals surface area contributed by atoms with Crippen LogP contribution in [0.5, 0.6) is 0 Å². The molecule has 2 aliphatic rings. The van der Waals surface area contributed by atoms with E-state index in [0.717, 1.165) is 25.8 Å². The van der Waals surface area contributed by atoms with Gasteiger partial charge in [-0.3, -0.25) is 9.69 Å². The Kier molecular flexibility index (Phi) is 6.85. The first-order valence-electron chi connectivity index (χ1n) is 14.5. The van der Waals surface area contributed by atoms with Gasteiger partial charge in [0.2, 0.25) is 5.91 Å². The molecule has 1 aliphatic carbocycles. The number of halogens is 1. The molecular formula is C37H33FN2O. The molecule has 204 valence electrons. The molecule has 0 fully saturated rings. The lowest BCUT2D eigenvalue weighted by atomic mass is 9.86. The predicted molar refractivity (Wildman–Crippen MR) is 162 cm³/mol. The van der Waals surface area contributed by atoms with Gasteiger partial charge in [-0.05, 0) is 63.9 Å². The van der Waals surface area contributed by atoms with E-state index < -0.39 is 0 Å². The number of fused-ring (bicyclic) bond motifs is 3. The summed E-state index contributed by atoms with van der Waals surface area (Å²) in [5.74, 6) is -0.211. The van der Waals surface area contributed by atoms with E-state index in [1.165, 1.54) is 44.7 Å². The van der Waals surface area contributed by atoms with Crippen LogP contribution in [0.3, 0.4) is 0 Å². The molecule has 7 rings (SSSR count). The minimum Gasteiger partial charge on any atom is -0.333 e. The predicted octanol–water partition coefficient (Wildman–Crippen LogP) is 7.12. The maximum absolute atomic E-state index is 14.9. The van der Waals surface area contributed by atoms with Gasteiger partial charge in [0, 0.05) is 24.7 Å². The van der Waals surface area contributed by atoms with Gasteiger partial charge in [0.25, 0.3) is 0 Å². The van der Waals surface area contributed by atoms with Gasteiger partial charge in [-0.25, -0.2) is 4.39 Å². The monoisotopic (exact) mass is 540 g/mol. The van der Waals surface area contributed by atoms with Crippen LogP contribution in [0.15, 0.2) is 115 Å². The third-order valence-electron chi connectivity index (χ3n) is 8.93. The minimum atomic E-state index is -0.263. The fourth-order valence-electron chi connectivity index (χ4n) is 6.89. The summed E-state index contributed by atoms with van der Waals surface area (Å²) < 4.78 is 14.9. The highest BCUT2D eigenvalue weighted by molar-refractivity contribution is 5.87. The highest BCUT2D eigenvalue weighted by Crippen LogP contribution is 2.38. The van der Waals surface area contributed by atoms with Crippen LogP contribution in [-0.4, -0.2) is 34.8 Å². The fourth-order valence-corrected chi connectivity index (χ4v) is 6.89. The van der Waals surface area contributed by atoms with Crippen molar-refractivity contribution in [2.75, 3.05) is 13.1 Å². The molecule has 0 bridgehead atoms. The quantitative estimate of drug-likeness (QED) is 0.229. The van der Waals surface area contributed by atoms with Crippen LogP contribution in [0.4, 0.5) is 4.39 Å². The van der Waals surface area contributed by atoms with E-state index in [-0.39, 0.29) is 36.9 Å². The number of nitrogens with zero attached hydrogens (tertiary/aromatic N) is 2. The van der Waals surface area contributed by atoms with Crippen LogP contribution in [0.25, 0.3) is 10.8 Å². The van der Waals surface area contributed by atoms with Crippen LogP contribution in [0.1, 0.15) is 39.4 Å². The molecule has 1 unspecified atom stereocenters. The van der Waals surface area contributed by atoms with Crippen molar-refractivity contribution in [2.45, 2.75) is 37.9 Å². The third kappa shape index (κ3) is 4.93. The van der Waals surface area contributed by atoms with Crippen molar-refractivity contribution in [3.63, 3.8) is 0 Å². The van der Waals surface area contributed by atoms with Crippen molar-refractivity contribution in [3.8, 4) is 0 Å². The van der Waals surface area contributed by atoms with Gasteiger partial charge in [-0.1, -0.05) is 109 Å². The van der Waals surface area contributed by atoms with E-state index in [1.807, 2.05) is 11.0 Å². The van der Waals surface area contributed by atoms with Gasteiger partial charge < -0.3 is 4.90 Å². The molecule has 0 radical (unpaired) electrons. The van der Waals surface area contributed by atoms with Gasteiger partial charge in [0.1, 0.15) is 5.82 Å². The molecule has 3 nitrogen and oxygen atoms in total. The molecule has 1 atom stereocenters. The summed E-state index contributed by atoms with van der Waals surface area (Å²) >= 11 is 0. The number of benzene rings is 5. The van der Waals surface area contributed by atoms with Crippen molar-refractivity contribution in [1.82, 2.24) is 9.80 Å². The van der Waals surface area contributed by atoms with Gasteiger partial charge >= 0.3 is 0 Å². The number of amides is 1. The SMILES string of the molecule is O=C(CN1CCc2ccccc2C1c1cccc2ccccc12)N(Cc1ccccc1F)C1Cc2ccccc2C1.